The summed E-state index contributed by atoms with van der Waals surface area (Å²) in [7, 11) is 0. The molecule has 0 aromatic heterocycles. The Balaban J connectivity index is -0.000000107. The van der Waals surface area contributed by atoms with E-state index in [0.717, 1.165) is 0 Å². The summed E-state index contributed by atoms with van der Waals surface area (Å²) in [5, 5.41) is 7.93. The summed E-state index contributed by atoms with van der Waals surface area (Å²) >= 11 is 0. The second kappa shape index (κ2) is 10.6. The predicted molar refractivity (Wildman–Crippen MR) is 40.8 cm³/mol. The van der Waals surface area contributed by atoms with Crippen molar-refractivity contribution in [3.63, 3.8) is 0 Å². The Bertz CT molecular complexity index is 165. The number of hydrogen-bond donors (Lipinski definition) is 1. The molecule has 0 unspecified atom stereocenters. The second-order valence-corrected chi connectivity index (χ2v) is 1.61. The summed E-state index contributed by atoms with van der Waals surface area (Å²) in [5.74, 6) is -3.03. The van der Waals surface area contributed by atoms with Crippen molar-refractivity contribution in [3.8, 4) is 0 Å². The van der Waals surface area contributed by atoms with E-state index in [4.69, 9.17) is 5.11 Å². The molecule has 12 heavy (non-hydrogen) atoms. The van der Waals surface area contributed by atoms with E-state index in [1.165, 1.54) is 6.92 Å². The zero-order valence-electron chi connectivity index (χ0n) is 7.18. The summed E-state index contributed by atoms with van der Waals surface area (Å²) in [6, 6.07) is 0. The number of Topliss-reactive ketones (excluding diaryl/α,β-unsaturated/α-hetero) is 2. The van der Waals surface area contributed by atoms with Gasteiger partial charge in [-0.1, -0.05) is 0 Å². The van der Waals surface area contributed by atoms with Crippen LogP contribution in [0.15, 0.2) is 0 Å². The van der Waals surface area contributed by atoms with Crippen LogP contribution in [0.4, 0.5) is 0 Å². The molecule has 0 atom stereocenters. The minimum absolute atomic E-state index is 0. The number of carboxylic acids is 1. The minimum Gasteiger partial charge on any atom is -0.475 e. The Hall–Kier alpha value is -0.450. The van der Waals surface area contributed by atoms with Crippen LogP contribution in [0.3, 0.4) is 0 Å². The van der Waals surface area contributed by atoms with Crippen molar-refractivity contribution in [1.29, 1.82) is 0 Å². The second-order valence-electron chi connectivity index (χ2n) is 1.61. The molecule has 0 rings (SSSR count). The van der Waals surface area contributed by atoms with Crippen LogP contribution < -0.4 is 0 Å². The molecule has 1 N–H and O–H groups in total. The van der Waals surface area contributed by atoms with Gasteiger partial charge in [0.2, 0.25) is 5.78 Å². The molecule has 0 spiro atoms. The number of rotatable bonds is 3. The van der Waals surface area contributed by atoms with Crippen LogP contribution in [-0.2, 0) is 36.8 Å². The van der Waals surface area contributed by atoms with Gasteiger partial charge in [0, 0.05) is 22.4 Å². The van der Waals surface area contributed by atoms with Gasteiger partial charge in [0.1, 0.15) is 5.78 Å². The van der Waals surface area contributed by atoms with E-state index in [9.17, 15) is 14.4 Å². The van der Waals surface area contributed by atoms with Crippen LogP contribution in [0.25, 0.3) is 0 Å². The van der Waals surface area contributed by atoms with Crippen molar-refractivity contribution in [2.24, 2.45) is 0 Å². The van der Waals surface area contributed by atoms with Crippen molar-refractivity contribution in [3.05, 3.63) is 14.9 Å². The van der Waals surface area contributed by atoms with Crippen molar-refractivity contribution in [1.82, 2.24) is 0 Å². The molecule has 1 radical (unpaired) electrons. The topological polar surface area (TPSA) is 71.4 Å². The standard InChI is InChI=1S/C5H6O4.2CH3.Au/c1-3(6)2-4(7)5(8)9;;;/h2H2,1H3,(H,8,9);2*1H3;/q;2*-1;. The van der Waals surface area contributed by atoms with E-state index < -0.39 is 24.0 Å². The largest absolute Gasteiger partial charge is 0.475 e. The normalized spacial score (nSPS) is 6.42. The maximum absolute atomic E-state index is 10.1. The smallest absolute Gasteiger partial charge is 0.372 e. The van der Waals surface area contributed by atoms with Crippen LogP contribution >= 0.6 is 0 Å². The van der Waals surface area contributed by atoms with Crippen molar-refractivity contribution in [2.45, 2.75) is 13.3 Å². The van der Waals surface area contributed by atoms with Gasteiger partial charge in [-0.2, -0.15) is 0 Å². The molecule has 0 bridgehead atoms. The Morgan fingerprint density at radius 2 is 1.50 bits per heavy atom. The number of hydrogen-bond acceptors (Lipinski definition) is 3. The molecule has 5 heteroatoms. The third kappa shape index (κ3) is 12.2. The molecule has 0 saturated carbocycles. The summed E-state index contributed by atoms with van der Waals surface area (Å²) in [6.45, 7) is 1.17. The molecule has 4 nitrogen and oxygen atoms in total. The van der Waals surface area contributed by atoms with E-state index >= 15 is 0 Å². The number of ketones is 2. The number of carboxylic acid groups (broad SMARTS) is 1. The van der Waals surface area contributed by atoms with Gasteiger partial charge in [0.05, 0.1) is 6.42 Å². The first-order valence-electron chi connectivity index (χ1n) is 2.29. The molecule has 0 saturated heterocycles. The molecule has 0 aliphatic rings. The summed E-state index contributed by atoms with van der Waals surface area (Å²) < 4.78 is 0. The zero-order chi connectivity index (χ0) is 7.44. The molecule has 0 aliphatic carbocycles. The fourth-order valence-corrected chi connectivity index (χ4v) is 0.302. The molecule has 0 amide bonds. The third-order valence-corrected chi connectivity index (χ3v) is 0.648. The minimum atomic E-state index is -1.55. The van der Waals surface area contributed by atoms with Crippen molar-refractivity contribution >= 4 is 17.5 Å². The maximum atomic E-state index is 10.1. The van der Waals surface area contributed by atoms with Gasteiger partial charge in [0.15, 0.2) is 0 Å². The number of aliphatic carboxylic acids is 1. The zero-order valence-corrected chi connectivity index (χ0v) is 9.35. The molecule has 0 fully saturated rings. The molecular formula is C7H12AuO4-2. The Morgan fingerprint density at radius 1 is 1.17 bits per heavy atom. The van der Waals surface area contributed by atoms with Gasteiger partial charge in [-0.3, -0.25) is 9.59 Å². The van der Waals surface area contributed by atoms with Gasteiger partial charge in [0.25, 0.3) is 0 Å². The molecule has 0 heterocycles. The maximum Gasteiger partial charge on any atom is 0.372 e. The average Bonchev–Trinajstić information content (AvgIpc) is 1.63. The van der Waals surface area contributed by atoms with Crippen LogP contribution in [0.5, 0.6) is 0 Å². The Kier molecular flexibility index (Phi) is 19.8. The Labute approximate surface area is 87.9 Å². The fourth-order valence-electron chi connectivity index (χ4n) is 0.302. The molecule has 0 aromatic carbocycles. The first kappa shape index (κ1) is 22.6. The van der Waals surface area contributed by atoms with Crippen molar-refractivity contribution in [2.75, 3.05) is 0 Å². The van der Waals surface area contributed by atoms with Gasteiger partial charge in [-0.15, -0.1) is 0 Å². The summed E-state index contributed by atoms with van der Waals surface area (Å²) in [5.41, 5.74) is 0. The van der Waals surface area contributed by atoms with Crippen LogP contribution in [0.2, 0.25) is 0 Å². The predicted octanol–water partition coefficient (Wildman–Crippen LogP) is 0.517. The Morgan fingerprint density at radius 3 is 1.58 bits per heavy atom. The van der Waals surface area contributed by atoms with Gasteiger partial charge >= 0.3 is 5.97 Å². The molecular weight excluding hydrogens is 345 g/mol. The van der Waals surface area contributed by atoms with Gasteiger partial charge < -0.3 is 20.0 Å². The van der Waals surface area contributed by atoms with Crippen LogP contribution in [-0.4, -0.2) is 22.6 Å². The SMILES string of the molecule is CC(=O)CC(=O)C(=O)O.[Au].[CH3-].[CH3-]. The van der Waals surface area contributed by atoms with Gasteiger partial charge in [-0.25, -0.2) is 4.79 Å². The number of carbonyl (C=O) groups is 3. The van der Waals surface area contributed by atoms with E-state index in [1.807, 2.05) is 0 Å². The summed E-state index contributed by atoms with van der Waals surface area (Å²) in [6.07, 6.45) is -0.505. The van der Waals surface area contributed by atoms with E-state index in [-0.39, 0.29) is 37.2 Å². The molecule has 0 aromatic rings. The van der Waals surface area contributed by atoms with Gasteiger partial charge in [-0.05, 0) is 6.92 Å². The third-order valence-electron chi connectivity index (χ3n) is 0.648. The number of carbonyl (C=O) groups excluding carboxylic acids is 2. The molecule has 77 valence electrons. The first-order chi connectivity index (χ1) is 4.04. The van der Waals surface area contributed by atoms with E-state index in [0.29, 0.717) is 0 Å². The monoisotopic (exact) mass is 357 g/mol. The quantitative estimate of drug-likeness (QED) is 0.346. The fraction of sp³-hybridized carbons (Fsp3) is 0.286. The average molecular weight is 357 g/mol. The van der Waals surface area contributed by atoms with Crippen molar-refractivity contribution < 1.29 is 41.9 Å². The van der Waals surface area contributed by atoms with Crippen LogP contribution in [0, 0.1) is 14.9 Å². The summed E-state index contributed by atoms with van der Waals surface area (Å²) in [4.78, 5) is 29.9. The van der Waals surface area contributed by atoms with Crippen LogP contribution in [0.1, 0.15) is 13.3 Å². The first-order valence-corrected chi connectivity index (χ1v) is 2.29. The molecule has 0 aliphatic heterocycles. The van der Waals surface area contributed by atoms with E-state index in [2.05, 4.69) is 0 Å². The van der Waals surface area contributed by atoms with E-state index in [1.54, 1.807) is 0 Å².